The first-order valence-electron chi connectivity index (χ1n) is 5.47. The lowest BCUT2D eigenvalue weighted by atomic mass is 10.1. The van der Waals surface area contributed by atoms with E-state index in [0.717, 1.165) is 23.0 Å². The van der Waals surface area contributed by atoms with Crippen LogP contribution in [0.2, 0.25) is 0 Å². The first-order chi connectivity index (χ1) is 7.54. The molecule has 1 rings (SSSR count). The Labute approximate surface area is 105 Å². The van der Waals surface area contributed by atoms with E-state index >= 15 is 0 Å². The minimum Gasteiger partial charge on any atom is -0.350 e. The van der Waals surface area contributed by atoms with Crippen molar-refractivity contribution in [3.63, 3.8) is 0 Å². The Kier molecular flexibility index (Phi) is 4.93. The maximum Gasteiger partial charge on any atom is 0.252 e. The second kappa shape index (κ2) is 5.99. The lowest BCUT2D eigenvalue weighted by Crippen LogP contribution is -2.32. The van der Waals surface area contributed by atoms with Crippen molar-refractivity contribution in [2.24, 2.45) is 0 Å². The normalized spacial score (nSPS) is 12.2. The van der Waals surface area contributed by atoms with Gasteiger partial charge in [-0.05, 0) is 42.3 Å². The molecule has 3 nitrogen and oxygen atoms in total. The van der Waals surface area contributed by atoms with Crippen molar-refractivity contribution in [3.8, 4) is 0 Å². The Bertz CT molecular complexity index is 379. The molecule has 0 bridgehead atoms. The number of carbonyl (C=O) groups excluding carboxylic acids is 1. The largest absolute Gasteiger partial charge is 0.350 e. The smallest absolute Gasteiger partial charge is 0.252 e. The Morgan fingerprint density at radius 2 is 2.31 bits per heavy atom. The number of hydrogen-bond acceptors (Lipinski definition) is 2. The number of nitrogens with zero attached hydrogens (tertiary/aromatic N) is 1. The number of amides is 1. The molecule has 0 aliphatic rings. The van der Waals surface area contributed by atoms with Gasteiger partial charge in [0.2, 0.25) is 0 Å². The maximum atomic E-state index is 11.9. The molecule has 1 N–H and O–H groups in total. The molecule has 0 saturated heterocycles. The van der Waals surface area contributed by atoms with E-state index in [1.165, 1.54) is 0 Å². The molecule has 1 amide bonds. The Balaban J connectivity index is 2.76. The standard InChI is InChI=1S/C12H17BrN2O/c1-4-5-8(2)15-12(16)10-6-9(3)14-7-11(10)13/h6-8H,4-5H2,1-3H3,(H,15,16). The van der Waals surface area contributed by atoms with Gasteiger partial charge in [0.05, 0.1) is 5.56 Å². The first kappa shape index (κ1) is 13.2. The van der Waals surface area contributed by atoms with Crippen LogP contribution in [-0.2, 0) is 0 Å². The number of pyridine rings is 1. The van der Waals surface area contributed by atoms with Gasteiger partial charge < -0.3 is 5.32 Å². The van der Waals surface area contributed by atoms with E-state index in [0.29, 0.717) is 5.56 Å². The molecule has 88 valence electrons. The molecule has 0 saturated carbocycles. The van der Waals surface area contributed by atoms with Gasteiger partial charge in [-0.2, -0.15) is 0 Å². The second-order valence-corrected chi connectivity index (χ2v) is 4.82. The van der Waals surface area contributed by atoms with E-state index in [2.05, 4.69) is 33.2 Å². The van der Waals surface area contributed by atoms with Crippen LogP contribution < -0.4 is 5.32 Å². The van der Waals surface area contributed by atoms with E-state index in [-0.39, 0.29) is 11.9 Å². The van der Waals surface area contributed by atoms with Gasteiger partial charge in [-0.1, -0.05) is 13.3 Å². The summed E-state index contributed by atoms with van der Waals surface area (Å²) in [5.41, 5.74) is 1.49. The topological polar surface area (TPSA) is 42.0 Å². The average Bonchev–Trinajstić information content (AvgIpc) is 2.21. The van der Waals surface area contributed by atoms with Gasteiger partial charge in [0.25, 0.3) is 5.91 Å². The highest BCUT2D eigenvalue weighted by Crippen LogP contribution is 2.16. The zero-order valence-corrected chi connectivity index (χ0v) is 11.5. The highest BCUT2D eigenvalue weighted by Gasteiger charge is 2.12. The highest BCUT2D eigenvalue weighted by molar-refractivity contribution is 9.10. The number of halogens is 1. The summed E-state index contributed by atoms with van der Waals surface area (Å²) in [6.45, 7) is 6.00. The molecule has 16 heavy (non-hydrogen) atoms. The van der Waals surface area contributed by atoms with Gasteiger partial charge in [-0.25, -0.2) is 0 Å². The van der Waals surface area contributed by atoms with Crippen molar-refractivity contribution in [1.82, 2.24) is 10.3 Å². The summed E-state index contributed by atoms with van der Waals surface area (Å²) < 4.78 is 0.735. The third-order valence-corrected chi connectivity index (χ3v) is 2.97. The lowest BCUT2D eigenvalue weighted by Gasteiger charge is -2.13. The summed E-state index contributed by atoms with van der Waals surface area (Å²) in [6, 6.07) is 2.00. The minimum absolute atomic E-state index is 0.0432. The molecule has 1 unspecified atom stereocenters. The summed E-state index contributed by atoms with van der Waals surface area (Å²) >= 11 is 3.34. The van der Waals surface area contributed by atoms with Gasteiger partial charge >= 0.3 is 0 Å². The Morgan fingerprint density at radius 1 is 1.62 bits per heavy atom. The molecule has 1 atom stereocenters. The summed E-state index contributed by atoms with van der Waals surface area (Å²) in [7, 11) is 0. The first-order valence-corrected chi connectivity index (χ1v) is 6.27. The Morgan fingerprint density at radius 3 is 2.94 bits per heavy atom. The predicted molar refractivity (Wildman–Crippen MR) is 68.5 cm³/mol. The monoisotopic (exact) mass is 284 g/mol. The van der Waals surface area contributed by atoms with Crippen molar-refractivity contribution >= 4 is 21.8 Å². The van der Waals surface area contributed by atoms with Crippen LogP contribution in [-0.4, -0.2) is 16.9 Å². The van der Waals surface area contributed by atoms with Crippen molar-refractivity contribution < 1.29 is 4.79 Å². The molecular formula is C12H17BrN2O. The highest BCUT2D eigenvalue weighted by atomic mass is 79.9. The van der Waals surface area contributed by atoms with Crippen LogP contribution in [0, 0.1) is 6.92 Å². The van der Waals surface area contributed by atoms with Crippen LogP contribution in [0.25, 0.3) is 0 Å². The summed E-state index contributed by atoms with van der Waals surface area (Å²) in [6.07, 6.45) is 3.72. The lowest BCUT2D eigenvalue weighted by molar-refractivity contribution is 0.0937. The fraction of sp³-hybridized carbons (Fsp3) is 0.500. The van der Waals surface area contributed by atoms with Gasteiger partial charge in [0, 0.05) is 22.4 Å². The molecule has 0 spiro atoms. The number of aromatic nitrogens is 1. The number of hydrogen-bond donors (Lipinski definition) is 1. The summed E-state index contributed by atoms with van der Waals surface area (Å²) in [5.74, 6) is -0.0432. The van der Waals surface area contributed by atoms with Crippen LogP contribution >= 0.6 is 15.9 Å². The maximum absolute atomic E-state index is 11.9. The molecular weight excluding hydrogens is 268 g/mol. The zero-order valence-electron chi connectivity index (χ0n) is 9.88. The number of aryl methyl sites for hydroxylation is 1. The van der Waals surface area contributed by atoms with Crippen molar-refractivity contribution in [2.45, 2.75) is 39.7 Å². The third kappa shape index (κ3) is 3.59. The molecule has 4 heteroatoms. The molecule has 0 aromatic carbocycles. The number of carbonyl (C=O) groups is 1. The number of nitrogens with one attached hydrogen (secondary N) is 1. The van der Waals surface area contributed by atoms with E-state index in [1.807, 2.05) is 13.8 Å². The molecule has 0 aliphatic carbocycles. The van der Waals surface area contributed by atoms with Gasteiger partial charge in [0.1, 0.15) is 0 Å². The van der Waals surface area contributed by atoms with Crippen molar-refractivity contribution in [2.75, 3.05) is 0 Å². The second-order valence-electron chi connectivity index (χ2n) is 3.97. The van der Waals surface area contributed by atoms with E-state index in [1.54, 1.807) is 12.3 Å². The van der Waals surface area contributed by atoms with Crippen LogP contribution in [0.15, 0.2) is 16.7 Å². The van der Waals surface area contributed by atoms with Crippen molar-refractivity contribution in [1.29, 1.82) is 0 Å². The fourth-order valence-corrected chi connectivity index (χ4v) is 1.92. The van der Waals surface area contributed by atoms with Crippen LogP contribution in [0.4, 0.5) is 0 Å². The van der Waals surface area contributed by atoms with Crippen LogP contribution in [0.1, 0.15) is 42.7 Å². The van der Waals surface area contributed by atoms with E-state index < -0.39 is 0 Å². The predicted octanol–water partition coefficient (Wildman–Crippen LogP) is 3.07. The van der Waals surface area contributed by atoms with Crippen LogP contribution in [0.3, 0.4) is 0 Å². The SMILES string of the molecule is CCCC(C)NC(=O)c1cc(C)ncc1Br. The van der Waals surface area contributed by atoms with Gasteiger partial charge in [0.15, 0.2) is 0 Å². The minimum atomic E-state index is -0.0432. The third-order valence-electron chi connectivity index (χ3n) is 2.34. The quantitative estimate of drug-likeness (QED) is 0.923. The number of rotatable bonds is 4. The molecule has 0 aliphatic heterocycles. The van der Waals surface area contributed by atoms with Crippen molar-refractivity contribution in [3.05, 3.63) is 28.0 Å². The van der Waals surface area contributed by atoms with E-state index in [9.17, 15) is 4.79 Å². The molecule has 1 aromatic rings. The summed E-state index contributed by atoms with van der Waals surface area (Å²) in [5, 5.41) is 2.97. The average molecular weight is 285 g/mol. The van der Waals surface area contributed by atoms with Gasteiger partial charge in [-0.3, -0.25) is 9.78 Å². The van der Waals surface area contributed by atoms with Crippen LogP contribution in [0.5, 0.6) is 0 Å². The Hall–Kier alpha value is -0.900. The fourth-order valence-electron chi connectivity index (χ4n) is 1.52. The molecule has 0 radical (unpaired) electrons. The molecule has 0 fully saturated rings. The molecule has 1 aromatic heterocycles. The summed E-state index contributed by atoms with van der Waals surface area (Å²) in [4.78, 5) is 16.0. The molecule has 1 heterocycles. The van der Waals surface area contributed by atoms with E-state index in [4.69, 9.17) is 0 Å². The zero-order chi connectivity index (χ0) is 12.1. The van der Waals surface area contributed by atoms with Gasteiger partial charge in [-0.15, -0.1) is 0 Å².